The van der Waals surface area contributed by atoms with Crippen molar-refractivity contribution in [1.29, 1.82) is 0 Å². The number of Topliss-reactive ketones (excluding diaryl/α,β-unsaturated/α-hetero) is 1. The van der Waals surface area contributed by atoms with Crippen LogP contribution in [0.25, 0.3) is 0 Å². The maximum Gasteiger partial charge on any atom is 0.309 e. The van der Waals surface area contributed by atoms with Crippen LogP contribution >= 0.6 is 24.2 Å². The second-order valence-corrected chi connectivity index (χ2v) is 8.91. The van der Waals surface area contributed by atoms with Gasteiger partial charge >= 0.3 is 5.91 Å². The van der Waals surface area contributed by atoms with Crippen LogP contribution in [0.15, 0.2) is 5.10 Å². The Morgan fingerprint density at radius 1 is 1.18 bits per heavy atom. The smallest absolute Gasteiger partial charge is 0.309 e. The lowest BCUT2D eigenvalue weighted by Gasteiger charge is -2.22. The molecule has 1 heterocycles. The van der Waals surface area contributed by atoms with Crippen molar-refractivity contribution >= 4 is 46.9 Å². The molecule has 9 heteroatoms. The number of hydrogen-bond acceptors (Lipinski definition) is 5. The van der Waals surface area contributed by atoms with E-state index in [2.05, 4.69) is 15.8 Å². The lowest BCUT2D eigenvalue weighted by Crippen LogP contribution is -2.49. The molecule has 1 saturated carbocycles. The van der Waals surface area contributed by atoms with Crippen LogP contribution in [0.2, 0.25) is 0 Å². The van der Waals surface area contributed by atoms with Crippen LogP contribution in [0.5, 0.6) is 0 Å². The van der Waals surface area contributed by atoms with Gasteiger partial charge in [-0.1, -0.05) is 51.3 Å². The molecule has 2 rings (SSSR count). The molecular formula is C19H33ClN4O3S. The summed E-state index contributed by atoms with van der Waals surface area (Å²) in [6.07, 6.45) is 6.57. The first-order valence-corrected chi connectivity index (χ1v) is 10.9. The van der Waals surface area contributed by atoms with Crippen LogP contribution in [0.3, 0.4) is 0 Å². The van der Waals surface area contributed by atoms with E-state index in [0.717, 1.165) is 50.8 Å². The Hall–Kier alpha value is -1.28. The SMILES string of the molecule is CC(C)C[C@H](NC(=O)C1CCCCCC1)C(=O)C(=O)NN=C1SCCN1C.Cl. The van der Waals surface area contributed by atoms with Crippen molar-refractivity contribution in [3.63, 3.8) is 0 Å². The van der Waals surface area contributed by atoms with E-state index in [9.17, 15) is 14.4 Å². The average molecular weight is 433 g/mol. The Bertz CT molecular complexity index is 578. The molecule has 1 atom stereocenters. The topological polar surface area (TPSA) is 90.9 Å². The highest BCUT2D eigenvalue weighted by Crippen LogP contribution is 2.23. The molecular weight excluding hydrogens is 400 g/mol. The summed E-state index contributed by atoms with van der Waals surface area (Å²) in [5.74, 6) is -0.449. The van der Waals surface area contributed by atoms with Crippen molar-refractivity contribution in [2.75, 3.05) is 19.3 Å². The normalized spacial score (nSPS) is 20.4. The maximum atomic E-state index is 12.6. The van der Waals surface area contributed by atoms with Crippen molar-refractivity contribution in [3.8, 4) is 0 Å². The van der Waals surface area contributed by atoms with Gasteiger partial charge in [-0.2, -0.15) is 0 Å². The number of rotatable bonds is 7. The number of nitrogens with one attached hydrogen (secondary N) is 2. The van der Waals surface area contributed by atoms with E-state index < -0.39 is 17.7 Å². The fraction of sp³-hybridized carbons (Fsp3) is 0.789. The molecule has 1 aliphatic heterocycles. The first-order valence-electron chi connectivity index (χ1n) is 9.94. The molecule has 2 amide bonds. The third-order valence-corrected chi connectivity index (χ3v) is 6.08. The zero-order chi connectivity index (χ0) is 19.8. The molecule has 1 saturated heterocycles. The van der Waals surface area contributed by atoms with E-state index in [1.54, 1.807) is 0 Å². The number of thioether (sulfide) groups is 1. The quantitative estimate of drug-likeness (QED) is 0.366. The molecule has 0 bridgehead atoms. The van der Waals surface area contributed by atoms with E-state index >= 15 is 0 Å². The Morgan fingerprint density at radius 3 is 2.36 bits per heavy atom. The summed E-state index contributed by atoms with van der Waals surface area (Å²) in [6.45, 7) is 4.81. The van der Waals surface area contributed by atoms with Crippen molar-refractivity contribution in [1.82, 2.24) is 15.6 Å². The third kappa shape index (κ3) is 7.62. The van der Waals surface area contributed by atoms with E-state index in [1.165, 1.54) is 11.8 Å². The van der Waals surface area contributed by atoms with Gasteiger partial charge < -0.3 is 10.2 Å². The minimum atomic E-state index is -0.796. The van der Waals surface area contributed by atoms with Crippen molar-refractivity contribution in [3.05, 3.63) is 0 Å². The fourth-order valence-electron chi connectivity index (χ4n) is 3.44. The van der Waals surface area contributed by atoms with E-state index in [4.69, 9.17) is 0 Å². The van der Waals surface area contributed by atoms with Crippen molar-refractivity contribution in [2.45, 2.75) is 64.8 Å². The highest BCUT2D eigenvalue weighted by atomic mass is 35.5. The van der Waals surface area contributed by atoms with E-state index in [0.29, 0.717) is 11.6 Å². The molecule has 0 spiro atoms. The fourth-order valence-corrected chi connectivity index (χ4v) is 4.41. The largest absolute Gasteiger partial charge is 0.352 e. The van der Waals surface area contributed by atoms with Gasteiger partial charge in [-0.15, -0.1) is 17.5 Å². The first-order chi connectivity index (χ1) is 12.9. The molecule has 2 N–H and O–H groups in total. The zero-order valence-corrected chi connectivity index (χ0v) is 18.7. The standard InChI is InChI=1S/C19H32N4O3S.ClH/c1-13(2)12-15(20-17(25)14-8-6-4-5-7-9-14)16(24)18(26)21-22-19-23(3)10-11-27-19;/h13-15H,4-12H2,1-3H3,(H,20,25)(H,21,26);1H/t15-;/m0./s1. The van der Waals surface area contributed by atoms with E-state index in [-0.39, 0.29) is 30.2 Å². The lowest BCUT2D eigenvalue weighted by atomic mass is 9.96. The number of nitrogens with zero attached hydrogens (tertiary/aromatic N) is 2. The van der Waals surface area contributed by atoms with Gasteiger partial charge in [0, 0.05) is 25.3 Å². The van der Waals surface area contributed by atoms with Gasteiger partial charge in [0.05, 0.1) is 6.04 Å². The predicted molar refractivity (Wildman–Crippen MR) is 115 cm³/mol. The minimum absolute atomic E-state index is 0. The zero-order valence-electron chi connectivity index (χ0n) is 17.0. The van der Waals surface area contributed by atoms with Gasteiger partial charge in [-0.05, 0) is 25.2 Å². The van der Waals surface area contributed by atoms with Crippen LogP contribution in [-0.4, -0.2) is 53.1 Å². The first kappa shape index (κ1) is 24.8. The number of halogens is 1. The summed E-state index contributed by atoms with van der Waals surface area (Å²) in [7, 11) is 1.89. The van der Waals surface area contributed by atoms with Gasteiger partial charge in [0.1, 0.15) is 0 Å². The molecule has 0 aromatic carbocycles. The number of carbonyl (C=O) groups excluding carboxylic acids is 3. The molecule has 1 aliphatic carbocycles. The van der Waals surface area contributed by atoms with Gasteiger partial charge in [-0.3, -0.25) is 14.4 Å². The predicted octanol–water partition coefficient (Wildman–Crippen LogP) is 2.54. The molecule has 0 unspecified atom stereocenters. The number of ketones is 1. The highest BCUT2D eigenvalue weighted by Gasteiger charge is 2.30. The van der Waals surface area contributed by atoms with Gasteiger partial charge in [0.2, 0.25) is 11.7 Å². The Morgan fingerprint density at radius 2 is 1.82 bits per heavy atom. The molecule has 0 radical (unpaired) electrons. The summed E-state index contributed by atoms with van der Waals surface area (Å²) in [5.41, 5.74) is 2.36. The summed E-state index contributed by atoms with van der Waals surface area (Å²) in [4.78, 5) is 39.5. The Kier molecular flexibility index (Phi) is 10.9. The summed E-state index contributed by atoms with van der Waals surface area (Å²) >= 11 is 1.53. The Labute approximate surface area is 178 Å². The summed E-state index contributed by atoms with van der Waals surface area (Å²) in [6, 6.07) is -0.796. The third-order valence-electron chi connectivity index (χ3n) is 5.03. The van der Waals surface area contributed by atoms with Crippen LogP contribution in [0.1, 0.15) is 58.8 Å². The number of hydrogen-bond donors (Lipinski definition) is 2. The number of amides is 2. The van der Waals surface area contributed by atoms with Crippen LogP contribution < -0.4 is 10.7 Å². The van der Waals surface area contributed by atoms with Crippen molar-refractivity contribution < 1.29 is 14.4 Å². The van der Waals surface area contributed by atoms with E-state index in [1.807, 2.05) is 25.8 Å². The monoisotopic (exact) mass is 432 g/mol. The lowest BCUT2D eigenvalue weighted by molar-refractivity contribution is -0.140. The molecule has 2 fully saturated rings. The molecule has 7 nitrogen and oxygen atoms in total. The highest BCUT2D eigenvalue weighted by molar-refractivity contribution is 8.14. The molecule has 160 valence electrons. The molecule has 28 heavy (non-hydrogen) atoms. The van der Waals surface area contributed by atoms with Crippen LogP contribution in [0.4, 0.5) is 0 Å². The van der Waals surface area contributed by atoms with Crippen LogP contribution in [-0.2, 0) is 14.4 Å². The molecule has 0 aromatic heterocycles. The molecule has 2 aliphatic rings. The number of carbonyl (C=O) groups is 3. The Balaban J connectivity index is 0.00000392. The van der Waals surface area contributed by atoms with Gasteiger partial charge in [0.15, 0.2) is 5.17 Å². The number of hydrazone groups is 1. The second-order valence-electron chi connectivity index (χ2n) is 7.85. The number of amidine groups is 1. The average Bonchev–Trinajstić information content (AvgIpc) is 2.86. The second kappa shape index (κ2) is 12.3. The maximum absolute atomic E-state index is 12.6. The van der Waals surface area contributed by atoms with Crippen LogP contribution in [0, 0.1) is 11.8 Å². The van der Waals surface area contributed by atoms with Gasteiger partial charge in [-0.25, -0.2) is 5.43 Å². The summed E-state index contributed by atoms with van der Waals surface area (Å²) in [5, 5.41) is 7.58. The summed E-state index contributed by atoms with van der Waals surface area (Å²) < 4.78 is 0. The minimum Gasteiger partial charge on any atom is -0.352 e. The van der Waals surface area contributed by atoms with Crippen molar-refractivity contribution in [2.24, 2.45) is 16.9 Å². The molecule has 0 aromatic rings. The van der Waals surface area contributed by atoms with Gasteiger partial charge in [0.25, 0.3) is 0 Å².